The van der Waals surface area contributed by atoms with Crippen LogP contribution in [-0.4, -0.2) is 11.1 Å². The fourth-order valence-corrected chi connectivity index (χ4v) is 1.62. The maximum absolute atomic E-state index is 11.1. The van der Waals surface area contributed by atoms with Gasteiger partial charge < -0.3 is 5.11 Å². The Labute approximate surface area is 102 Å². The lowest BCUT2D eigenvalue weighted by Crippen LogP contribution is -2.30. The second kappa shape index (κ2) is 5.01. The molecule has 1 N–H and O–H groups in total. The van der Waals surface area contributed by atoms with E-state index in [1.165, 1.54) is 12.5 Å². The Balaban J connectivity index is 3.11. The molecule has 1 aromatic carbocycles. The summed E-state index contributed by atoms with van der Waals surface area (Å²) in [7, 11) is 0. The lowest BCUT2D eigenvalue weighted by molar-refractivity contribution is -0.141. The molecule has 0 saturated heterocycles. The van der Waals surface area contributed by atoms with Gasteiger partial charge in [0.05, 0.1) is 6.07 Å². The third kappa shape index (κ3) is 2.47. The predicted molar refractivity (Wildman–Crippen MR) is 65.7 cm³/mol. The van der Waals surface area contributed by atoms with Crippen molar-refractivity contribution in [3.8, 4) is 6.07 Å². The van der Waals surface area contributed by atoms with Crippen LogP contribution in [-0.2, 0) is 10.2 Å². The number of carbonyl (C=O) groups is 1. The van der Waals surface area contributed by atoms with Crippen molar-refractivity contribution in [2.75, 3.05) is 0 Å². The van der Waals surface area contributed by atoms with E-state index in [9.17, 15) is 4.79 Å². The highest BCUT2D eigenvalue weighted by Crippen LogP contribution is 2.26. The Morgan fingerprint density at radius 1 is 1.47 bits per heavy atom. The quantitative estimate of drug-likeness (QED) is 0.866. The Hall–Kier alpha value is -1.82. The van der Waals surface area contributed by atoms with E-state index in [-0.39, 0.29) is 0 Å². The highest BCUT2D eigenvalue weighted by Gasteiger charge is 2.35. The molecule has 0 amide bonds. The van der Waals surface area contributed by atoms with Crippen LogP contribution in [0.15, 0.2) is 24.3 Å². The topological polar surface area (TPSA) is 61.1 Å². The SMILES string of the molecule is CCC(C)c1ccc(C(C)(C#N)C(=O)O)cc1. The molecule has 0 saturated carbocycles. The van der Waals surface area contributed by atoms with E-state index in [4.69, 9.17) is 10.4 Å². The summed E-state index contributed by atoms with van der Waals surface area (Å²) in [4.78, 5) is 11.1. The summed E-state index contributed by atoms with van der Waals surface area (Å²) < 4.78 is 0. The van der Waals surface area contributed by atoms with Gasteiger partial charge in [-0.3, -0.25) is 4.79 Å². The van der Waals surface area contributed by atoms with Gasteiger partial charge in [0.15, 0.2) is 5.41 Å². The molecule has 2 unspecified atom stereocenters. The third-order valence-electron chi connectivity index (χ3n) is 3.32. The Bertz CT molecular complexity index is 444. The molecule has 0 aliphatic carbocycles. The highest BCUT2D eigenvalue weighted by molar-refractivity contribution is 5.84. The minimum absolute atomic E-state index is 0.446. The van der Waals surface area contributed by atoms with Crippen LogP contribution in [0.4, 0.5) is 0 Å². The monoisotopic (exact) mass is 231 g/mol. The number of carboxylic acid groups (broad SMARTS) is 1. The molecule has 90 valence electrons. The molecule has 0 fully saturated rings. The van der Waals surface area contributed by atoms with Crippen LogP contribution in [0.25, 0.3) is 0 Å². The number of hydrogen-bond acceptors (Lipinski definition) is 2. The molecule has 0 spiro atoms. The van der Waals surface area contributed by atoms with E-state index in [0.717, 1.165) is 6.42 Å². The van der Waals surface area contributed by atoms with Gasteiger partial charge in [-0.1, -0.05) is 38.1 Å². The van der Waals surface area contributed by atoms with Crippen molar-refractivity contribution in [1.29, 1.82) is 5.26 Å². The zero-order valence-corrected chi connectivity index (χ0v) is 10.4. The molecule has 0 bridgehead atoms. The number of hydrogen-bond donors (Lipinski definition) is 1. The molecule has 0 aliphatic heterocycles. The van der Waals surface area contributed by atoms with Crippen LogP contribution >= 0.6 is 0 Å². The maximum atomic E-state index is 11.1. The molecule has 1 aromatic rings. The Kier molecular flexibility index (Phi) is 3.90. The molecular weight excluding hydrogens is 214 g/mol. The summed E-state index contributed by atoms with van der Waals surface area (Å²) in [6.07, 6.45) is 1.04. The summed E-state index contributed by atoms with van der Waals surface area (Å²) in [5.74, 6) is -0.668. The Morgan fingerprint density at radius 2 is 2.00 bits per heavy atom. The van der Waals surface area contributed by atoms with Crippen LogP contribution in [0.3, 0.4) is 0 Å². The fraction of sp³-hybridized carbons (Fsp3) is 0.429. The van der Waals surface area contributed by atoms with Crippen LogP contribution in [0.5, 0.6) is 0 Å². The number of aliphatic carboxylic acids is 1. The van der Waals surface area contributed by atoms with Crippen molar-refractivity contribution >= 4 is 5.97 Å². The summed E-state index contributed by atoms with van der Waals surface area (Å²) in [6.45, 7) is 5.65. The average Bonchev–Trinajstić information content (AvgIpc) is 2.36. The molecule has 0 aromatic heterocycles. The van der Waals surface area contributed by atoms with Crippen LogP contribution in [0, 0.1) is 11.3 Å². The summed E-state index contributed by atoms with van der Waals surface area (Å²) in [5.41, 5.74) is 0.232. The van der Waals surface area contributed by atoms with E-state index in [1.54, 1.807) is 12.1 Å². The zero-order chi connectivity index (χ0) is 13.1. The zero-order valence-electron chi connectivity index (χ0n) is 10.4. The molecule has 0 aliphatic rings. The smallest absolute Gasteiger partial charge is 0.328 e. The fourth-order valence-electron chi connectivity index (χ4n) is 1.62. The molecule has 0 heterocycles. The third-order valence-corrected chi connectivity index (χ3v) is 3.32. The number of rotatable bonds is 4. The van der Waals surface area contributed by atoms with Gasteiger partial charge in [-0.25, -0.2) is 0 Å². The van der Waals surface area contributed by atoms with Gasteiger partial charge in [0.25, 0.3) is 0 Å². The van der Waals surface area contributed by atoms with E-state index in [1.807, 2.05) is 18.2 Å². The van der Waals surface area contributed by atoms with Gasteiger partial charge >= 0.3 is 5.97 Å². The predicted octanol–water partition coefficient (Wildman–Crippen LogP) is 3.07. The molecule has 0 radical (unpaired) electrons. The molecule has 2 atom stereocenters. The number of carboxylic acids is 1. The second-order valence-corrected chi connectivity index (χ2v) is 4.47. The summed E-state index contributed by atoms with van der Waals surface area (Å²) >= 11 is 0. The lowest BCUT2D eigenvalue weighted by atomic mass is 9.83. The van der Waals surface area contributed by atoms with Gasteiger partial charge in [-0.15, -0.1) is 0 Å². The van der Waals surface area contributed by atoms with Crippen LogP contribution < -0.4 is 0 Å². The van der Waals surface area contributed by atoms with Crippen molar-refractivity contribution < 1.29 is 9.90 Å². The largest absolute Gasteiger partial charge is 0.480 e. The van der Waals surface area contributed by atoms with Gasteiger partial charge in [-0.05, 0) is 30.4 Å². The van der Waals surface area contributed by atoms with Gasteiger partial charge in [0.1, 0.15) is 0 Å². The standard InChI is InChI=1S/C14H17NO2/c1-4-10(2)11-5-7-12(8-6-11)14(3,9-15)13(16)17/h5-8,10H,4H2,1-3H3,(H,16,17). The summed E-state index contributed by atoms with van der Waals surface area (Å²) in [5, 5.41) is 18.1. The summed E-state index contributed by atoms with van der Waals surface area (Å²) in [6, 6.07) is 9.14. The van der Waals surface area contributed by atoms with E-state index < -0.39 is 11.4 Å². The molecule has 3 nitrogen and oxygen atoms in total. The first-order valence-electron chi connectivity index (χ1n) is 5.70. The first-order chi connectivity index (χ1) is 7.95. The average molecular weight is 231 g/mol. The minimum Gasteiger partial charge on any atom is -0.480 e. The number of nitrogens with zero attached hydrogens (tertiary/aromatic N) is 1. The van der Waals surface area contributed by atoms with Crippen LogP contribution in [0.1, 0.15) is 44.2 Å². The highest BCUT2D eigenvalue weighted by atomic mass is 16.4. The van der Waals surface area contributed by atoms with E-state index >= 15 is 0 Å². The second-order valence-electron chi connectivity index (χ2n) is 4.47. The number of benzene rings is 1. The van der Waals surface area contributed by atoms with Crippen molar-refractivity contribution in [1.82, 2.24) is 0 Å². The van der Waals surface area contributed by atoms with Gasteiger partial charge in [0.2, 0.25) is 0 Å². The molecule has 3 heteroatoms. The van der Waals surface area contributed by atoms with Crippen molar-refractivity contribution in [3.05, 3.63) is 35.4 Å². The van der Waals surface area contributed by atoms with Gasteiger partial charge in [0, 0.05) is 0 Å². The van der Waals surface area contributed by atoms with Crippen LogP contribution in [0.2, 0.25) is 0 Å². The first-order valence-corrected chi connectivity index (χ1v) is 5.70. The number of nitriles is 1. The minimum atomic E-state index is -1.46. The van der Waals surface area contributed by atoms with Crippen molar-refractivity contribution in [2.45, 2.75) is 38.5 Å². The molecule has 17 heavy (non-hydrogen) atoms. The first kappa shape index (κ1) is 13.2. The molecular formula is C14H17NO2. The van der Waals surface area contributed by atoms with Crippen molar-refractivity contribution in [2.24, 2.45) is 0 Å². The van der Waals surface area contributed by atoms with Crippen molar-refractivity contribution in [3.63, 3.8) is 0 Å². The maximum Gasteiger partial charge on any atom is 0.328 e. The van der Waals surface area contributed by atoms with E-state index in [2.05, 4.69) is 13.8 Å². The van der Waals surface area contributed by atoms with Gasteiger partial charge in [-0.2, -0.15) is 5.26 Å². The normalized spacial score (nSPS) is 15.6. The Morgan fingerprint density at radius 3 is 2.35 bits per heavy atom. The lowest BCUT2D eigenvalue weighted by Gasteiger charge is -2.17. The van der Waals surface area contributed by atoms with E-state index in [0.29, 0.717) is 11.5 Å². The molecule has 1 rings (SSSR count).